The van der Waals surface area contributed by atoms with E-state index in [1.54, 1.807) is 12.1 Å². The molecule has 1 aromatic rings. The third kappa shape index (κ3) is 4.67. The number of carbonyl (C=O) groups is 2. The Morgan fingerprint density at radius 3 is 2.74 bits per heavy atom. The van der Waals surface area contributed by atoms with Gasteiger partial charge in [0.2, 0.25) is 0 Å². The Kier molecular flexibility index (Phi) is 5.95. The highest BCUT2D eigenvalue weighted by molar-refractivity contribution is 5.96. The van der Waals surface area contributed by atoms with Crippen LogP contribution in [0.5, 0.6) is 0 Å². The van der Waals surface area contributed by atoms with Crippen LogP contribution in [0.4, 0.5) is 5.69 Å². The summed E-state index contributed by atoms with van der Waals surface area (Å²) < 4.78 is 0. The summed E-state index contributed by atoms with van der Waals surface area (Å²) in [5, 5.41) is 0. The maximum atomic E-state index is 12.1. The highest BCUT2D eigenvalue weighted by Gasteiger charge is 2.28. The first-order chi connectivity index (χ1) is 11.0. The summed E-state index contributed by atoms with van der Waals surface area (Å²) in [6, 6.07) is 7.17. The molecule has 1 fully saturated rings. The van der Waals surface area contributed by atoms with Crippen molar-refractivity contribution in [1.29, 1.82) is 0 Å². The summed E-state index contributed by atoms with van der Waals surface area (Å²) in [5.74, 6) is -0.577. The van der Waals surface area contributed by atoms with Crippen LogP contribution in [0, 0.1) is 0 Å². The van der Waals surface area contributed by atoms with Gasteiger partial charge in [0.05, 0.1) is 0 Å². The molecule has 2 amide bonds. The Balaban J connectivity index is 1.84. The molecule has 0 saturated carbocycles. The van der Waals surface area contributed by atoms with E-state index in [2.05, 4.69) is 28.6 Å². The van der Waals surface area contributed by atoms with Crippen LogP contribution < -0.4 is 26.6 Å². The fraction of sp³-hybridized carbons (Fsp3) is 0.500. The van der Waals surface area contributed by atoms with Crippen LogP contribution in [0.2, 0.25) is 0 Å². The second-order valence-corrected chi connectivity index (χ2v) is 5.95. The van der Waals surface area contributed by atoms with Crippen LogP contribution in [-0.4, -0.2) is 38.0 Å². The lowest BCUT2D eigenvalue weighted by Crippen LogP contribution is -2.50. The van der Waals surface area contributed by atoms with Gasteiger partial charge in [-0.05, 0) is 31.0 Å². The maximum absolute atomic E-state index is 12.1. The number of hydrogen-bond donors (Lipinski definition) is 4. The van der Waals surface area contributed by atoms with Crippen molar-refractivity contribution in [3.05, 3.63) is 29.8 Å². The van der Waals surface area contributed by atoms with Crippen molar-refractivity contribution in [3.8, 4) is 0 Å². The molecule has 1 aliphatic rings. The predicted molar refractivity (Wildman–Crippen MR) is 89.8 cm³/mol. The minimum atomic E-state index is -0.335. The van der Waals surface area contributed by atoms with Crippen molar-refractivity contribution in [3.63, 3.8) is 0 Å². The molecule has 0 aromatic heterocycles. The predicted octanol–water partition coefficient (Wildman–Crippen LogP) is 0.549. The highest BCUT2D eigenvalue weighted by Crippen LogP contribution is 2.13. The second kappa shape index (κ2) is 7.94. The summed E-state index contributed by atoms with van der Waals surface area (Å²) in [4.78, 5) is 26.1. The number of anilines is 1. The normalized spacial score (nSPS) is 20.1. The quantitative estimate of drug-likeness (QED) is 0.596. The first-order valence-electron chi connectivity index (χ1n) is 7.90. The summed E-state index contributed by atoms with van der Waals surface area (Å²) in [5.41, 5.74) is 12.4. The minimum Gasteiger partial charge on any atom is -0.378 e. The standard InChI is InChI=1S/C16H25N5O2/c1-4-6-12-10-14(18-17-12)16(23)20-19-15(22)11-7-5-8-13(9-11)21(2)3/h5,7-9,12,14,17-18H,4,6,10H2,1-3H3,(H,19,22)(H,20,23). The van der Waals surface area contributed by atoms with E-state index < -0.39 is 0 Å². The van der Waals surface area contributed by atoms with Crippen molar-refractivity contribution in [2.45, 2.75) is 38.3 Å². The first-order valence-corrected chi connectivity index (χ1v) is 7.90. The monoisotopic (exact) mass is 319 g/mol. The number of benzene rings is 1. The Hall–Kier alpha value is -2.12. The van der Waals surface area contributed by atoms with Crippen molar-refractivity contribution in [2.24, 2.45) is 0 Å². The van der Waals surface area contributed by atoms with Gasteiger partial charge in [-0.1, -0.05) is 19.4 Å². The lowest BCUT2D eigenvalue weighted by Gasteiger charge is -2.14. The van der Waals surface area contributed by atoms with E-state index in [0.717, 1.165) is 18.5 Å². The van der Waals surface area contributed by atoms with E-state index in [1.165, 1.54) is 0 Å². The number of nitrogens with one attached hydrogen (secondary N) is 4. The van der Waals surface area contributed by atoms with Crippen LogP contribution >= 0.6 is 0 Å². The van der Waals surface area contributed by atoms with Gasteiger partial charge in [0.25, 0.3) is 11.8 Å². The smallest absolute Gasteiger partial charge is 0.269 e. The average Bonchev–Trinajstić information content (AvgIpc) is 3.01. The van der Waals surface area contributed by atoms with Gasteiger partial charge < -0.3 is 4.90 Å². The average molecular weight is 319 g/mol. The zero-order valence-corrected chi connectivity index (χ0v) is 13.8. The fourth-order valence-electron chi connectivity index (χ4n) is 2.53. The Bertz CT molecular complexity index is 561. The van der Waals surface area contributed by atoms with Gasteiger partial charge in [0.1, 0.15) is 6.04 Å². The third-order valence-electron chi connectivity index (χ3n) is 3.86. The lowest BCUT2D eigenvalue weighted by atomic mass is 10.1. The Labute approximate surface area is 136 Å². The number of hydrazine groups is 2. The molecule has 2 unspecified atom stereocenters. The van der Waals surface area contributed by atoms with E-state index in [4.69, 9.17) is 0 Å². The van der Waals surface area contributed by atoms with Crippen molar-refractivity contribution < 1.29 is 9.59 Å². The molecular formula is C16H25N5O2. The fourth-order valence-corrected chi connectivity index (χ4v) is 2.53. The van der Waals surface area contributed by atoms with E-state index >= 15 is 0 Å². The molecule has 1 saturated heterocycles. The molecule has 2 atom stereocenters. The zero-order valence-electron chi connectivity index (χ0n) is 13.8. The largest absolute Gasteiger partial charge is 0.378 e. The van der Waals surface area contributed by atoms with E-state index in [0.29, 0.717) is 18.0 Å². The number of rotatable bonds is 5. The molecule has 2 rings (SSSR count). The molecule has 7 heteroatoms. The number of carbonyl (C=O) groups excluding carboxylic acids is 2. The van der Waals surface area contributed by atoms with E-state index in [9.17, 15) is 9.59 Å². The first kappa shape index (κ1) is 17.2. The molecule has 1 aromatic carbocycles. The molecule has 0 spiro atoms. The summed E-state index contributed by atoms with van der Waals surface area (Å²) in [7, 11) is 3.81. The number of hydrogen-bond acceptors (Lipinski definition) is 5. The Morgan fingerprint density at radius 2 is 2.04 bits per heavy atom. The van der Waals surface area contributed by atoms with Crippen LogP contribution in [-0.2, 0) is 4.79 Å². The summed E-state index contributed by atoms with van der Waals surface area (Å²) in [6.45, 7) is 2.11. The van der Waals surface area contributed by atoms with Gasteiger partial charge in [-0.15, -0.1) is 0 Å². The third-order valence-corrected chi connectivity index (χ3v) is 3.86. The number of amides is 2. The van der Waals surface area contributed by atoms with Crippen LogP contribution in [0.15, 0.2) is 24.3 Å². The molecule has 126 valence electrons. The second-order valence-electron chi connectivity index (χ2n) is 5.95. The van der Waals surface area contributed by atoms with E-state index in [1.807, 2.05) is 31.1 Å². The molecule has 0 radical (unpaired) electrons. The van der Waals surface area contributed by atoms with Crippen molar-refractivity contribution in [2.75, 3.05) is 19.0 Å². The van der Waals surface area contributed by atoms with Crippen LogP contribution in [0.25, 0.3) is 0 Å². The SMILES string of the molecule is CCCC1CC(C(=O)NNC(=O)c2cccc(N(C)C)c2)NN1. The maximum Gasteiger partial charge on any atom is 0.269 e. The molecule has 23 heavy (non-hydrogen) atoms. The summed E-state index contributed by atoms with van der Waals surface area (Å²) in [6.07, 6.45) is 2.79. The molecule has 4 N–H and O–H groups in total. The van der Waals surface area contributed by atoms with Crippen molar-refractivity contribution in [1.82, 2.24) is 21.7 Å². The molecule has 0 bridgehead atoms. The molecule has 7 nitrogen and oxygen atoms in total. The Morgan fingerprint density at radius 1 is 1.26 bits per heavy atom. The van der Waals surface area contributed by atoms with E-state index in [-0.39, 0.29) is 17.9 Å². The number of nitrogens with zero attached hydrogens (tertiary/aromatic N) is 1. The minimum absolute atomic E-state index is 0.242. The van der Waals surface area contributed by atoms with Crippen molar-refractivity contribution >= 4 is 17.5 Å². The van der Waals surface area contributed by atoms with Crippen LogP contribution in [0.1, 0.15) is 36.5 Å². The van der Waals surface area contributed by atoms with Gasteiger partial charge in [0.15, 0.2) is 0 Å². The molecule has 1 aliphatic heterocycles. The van der Waals surface area contributed by atoms with Gasteiger partial charge in [-0.25, -0.2) is 5.43 Å². The zero-order chi connectivity index (χ0) is 16.8. The van der Waals surface area contributed by atoms with Gasteiger partial charge in [0, 0.05) is 31.4 Å². The van der Waals surface area contributed by atoms with Gasteiger partial charge in [-0.2, -0.15) is 0 Å². The topological polar surface area (TPSA) is 85.5 Å². The van der Waals surface area contributed by atoms with Gasteiger partial charge in [-0.3, -0.25) is 25.9 Å². The molecular weight excluding hydrogens is 294 g/mol. The summed E-state index contributed by atoms with van der Waals surface area (Å²) >= 11 is 0. The molecule has 1 heterocycles. The molecule has 0 aliphatic carbocycles. The highest BCUT2D eigenvalue weighted by atomic mass is 16.2. The van der Waals surface area contributed by atoms with Gasteiger partial charge >= 0.3 is 0 Å². The van der Waals surface area contributed by atoms with Crippen LogP contribution in [0.3, 0.4) is 0 Å². The lowest BCUT2D eigenvalue weighted by molar-refractivity contribution is -0.123.